The Labute approximate surface area is 184 Å². The minimum atomic E-state index is -0.400. The number of carbonyl (C=O) groups excluding carboxylic acids is 1. The molecule has 0 bridgehead atoms. The summed E-state index contributed by atoms with van der Waals surface area (Å²) in [4.78, 5) is 21.7. The van der Waals surface area contributed by atoms with Crippen LogP contribution in [-0.2, 0) is 0 Å². The van der Waals surface area contributed by atoms with Gasteiger partial charge in [-0.25, -0.2) is 9.97 Å². The highest BCUT2D eigenvalue weighted by Crippen LogP contribution is 2.43. The van der Waals surface area contributed by atoms with E-state index in [0.717, 1.165) is 29.8 Å². The lowest BCUT2D eigenvalue weighted by atomic mass is 9.49. The molecule has 0 spiro atoms. The van der Waals surface area contributed by atoms with Crippen molar-refractivity contribution in [3.05, 3.63) is 59.5 Å². The maximum atomic E-state index is 12.9. The van der Waals surface area contributed by atoms with Gasteiger partial charge in [0.2, 0.25) is 0 Å². The predicted octanol–water partition coefficient (Wildman–Crippen LogP) is 0.180. The highest BCUT2D eigenvalue weighted by molar-refractivity contribution is 6.60. The van der Waals surface area contributed by atoms with Gasteiger partial charge in [0.15, 0.2) is 11.5 Å². The zero-order chi connectivity index (χ0) is 22.0. The van der Waals surface area contributed by atoms with Gasteiger partial charge in [0.05, 0.1) is 5.69 Å². The number of carbonyl (C=O) groups is 1. The molecule has 1 saturated carbocycles. The quantitative estimate of drug-likeness (QED) is 0.477. The van der Waals surface area contributed by atoms with E-state index in [1.165, 1.54) is 0 Å². The average molecular weight is 411 g/mol. The highest BCUT2D eigenvalue weighted by atomic mass is 16.2. The number of anilines is 4. The third-order valence-electron chi connectivity index (χ3n) is 4.78. The molecule has 0 radical (unpaired) electrons. The summed E-state index contributed by atoms with van der Waals surface area (Å²) < 4.78 is 0. The lowest BCUT2D eigenvalue weighted by Crippen LogP contribution is -2.50. The monoisotopic (exact) mass is 411 g/mol. The van der Waals surface area contributed by atoms with E-state index < -0.39 is 5.24 Å². The first-order chi connectivity index (χ1) is 14.8. The van der Waals surface area contributed by atoms with Crippen LogP contribution in [0.3, 0.4) is 0 Å². The van der Waals surface area contributed by atoms with Gasteiger partial charge in [-0.1, -0.05) is 6.07 Å². The lowest BCUT2D eigenvalue weighted by molar-refractivity contribution is 0.0947. The Bertz CT molecular complexity index is 1120. The van der Waals surface area contributed by atoms with Crippen LogP contribution in [0, 0.1) is 6.92 Å². The van der Waals surface area contributed by atoms with Crippen LogP contribution >= 0.6 is 0 Å². The second kappa shape index (κ2) is 8.41. The zero-order valence-electron chi connectivity index (χ0n) is 18.2. The summed E-state index contributed by atoms with van der Waals surface area (Å²) in [5.74, 6) is 2.08. The van der Waals surface area contributed by atoms with Crippen molar-refractivity contribution in [1.29, 1.82) is 0 Å². The van der Waals surface area contributed by atoms with Gasteiger partial charge in [-0.2, -0.15) is 0 Å². The average Bonchev–Trinajstić information content (AvgIpc) is 3.52. The van der Waals surface area contributed by atoms with Crippen LogP contribution in [0.2, 0.25) is 0 Å². The Hall–Kier alpha value is -3.36. The van der Waals surface area contributed by atoms with Crippen LogP contribution in [0.25, 0.3) is 0 Å². The van der Waals surface area contributed by atoms with Gasteiger partial charge in [0.25, 0.3) is 5.91 Å². The summed E-state index contributed by atoms with van der Waals surface area (Å²) in [5.41, 5.74) is 2.97. The molecule has 0 atom stereocenters. The molecule has 0 aromatic carbocycles. The van der Waals surface area contributed by atoms with Gasteiger partial charge < -0.3 is 16.0 Å². The van der Waals surface area contributed by atoms with Crippen molar-refractivity contribution in [2.45, 2.75) is 30.9 Å². The number of aromatic nitrogens is 4. The number of nitrogens with one attached hydrogen (secondary N) is 3. The molecule has 0 saturated heterocycles. The smallest absolute Gasteiger partial charge is 0.272 e. The van der Waals surface area contributed by atoms with Crippen molar-refractivity contribution < 1.29 is 4.79 Å². The Morgan fingerprint density at radius 2 is 1.84 bits per heavy atom. The summed E-state index contributed by atoms with van der Waals surface area (Å²) >= 11 is 0. The lowest BCUT2D eigenvalue weighted by Gasteiger charge is -2.21. The molecule has 3 N–H and O–H groups in total. The third-order valence-corrected chi connectivity index (χ3v) is 4.78. The molecule has 0 aliphatic heterocycles. The van der Waals surface area contributed by atoms with Gasteiger partial charge in [0, 0.05) is 18.5 Å². The molecule has 154 valence electrons. The first kappa shape index (κ1) is 20.9. The van der Waals surface area contributed by atoms with Crippen LogP contribution in [0.4, 0.5) is 23.1 Å². The fourth-order valence-corrected chi connectivity index (χ4v) is 3.22. The van der Waals surface area contributed by atoms with Crippen molar-refractivity contribution in [3.63, 3.8) is 0 Å². The molecule has 3 heterocycles. The van der Waals surface area contributed by atoms with Gasteiger partial charge in [-0.3, -0.25) is 4.79 Å². The van der Waals surface area contributed by atoms with Crippen molar-refractivity contribution in [3.8, 4) is 0 Å². The van der Waals surface area contributed by atoms with Crippen LogP contribution in [0.5, 0.6) is 0 Å². The highest BCUT2D eigenvalue weighted by Gasteiger charge is 2.27. The van der Waals surface area contributed by atoms with Gasteiger partial charge in [-0.05, 0) is 60.2 Å². The minimum Gasteiger partial charge on any atom is -0.368 e. The van der Waals surface area contributed by atoms with E-state index in [1.807, 2.05) is 48.7 Å². The van der Waals surface area contributed by atoms with E-state index in [1.54, 1.807) is 18.5 Å². The van der Waals surface area contributed by atoms with Crippen LogP contribution in [0.15, 0.2) is 42.7 Å². The molecule has 1 fully saturated rings. The number of rotatable bonds is 7. The number of pyridine rings is 2. The van der Waals surface area contributed by atoms with Gasteiger partial charge >= 0.3 is 0 Å². The molecule has 4 rings (SSSR count). The Kier molecular flexibility index (Phi) is 5.67. The summed E-state index contributed by atoms with van der Waals surface area (Å²) in [7, 11) is 5.78. The number of hydrogen-bond acceptors (Lipinski definition) is 7. The normalized spacial score (nSPS) is 13.5. The topological polar surface area (TPSA) is 105 Å². The molecule has 3 aromatic rings. The summed E-state index contributed by atoms with van der Waals surface area (Å²) in [6, 6.07) is 9.61. The second-order valence-electron chi connectivity index (χ2n) is 8.88. The molecular formula is C20H24B3N7O. The van der Waals surface area contributed by atoms with E-state index in [4.69, 9.17) is 0 Å². The molecule has 31 heavy (non-hydrogen) atoms. The summed E-state index contributed by atoms with van der Waals surface area (Å²) in [6.45, 7) is 1.99. The molecule has 0 unspecified atom stereocenters. The van der Waals surface area contributed by atoms with Gasteiger partial charge in [0.1, 0.15) is 35.2 Å². The predicted molar refractivity (Wildman–Crippen MR) is 130 cm³/mol. The molecule has 1 amide bonds. The Morgan fingerprint density at radius 1 is 1.03 bits per heavy atom. The first-order valence-electron chi connectivity index (χ1n) is 10.4. The second-order valence-corrected chi connectivity index (χ2v) is 8.88. The van der Waals surface area contributed by atoms with Crippen LogP contribution in [-0.4, -0.2) is 54.8 Å². The molecule has 8 nitrogen and oxygen atoms in total. The fraction of sp³-hybridized carbons (Fsp3) is 0.250. The maximum absolute atomic E-state index is 12.9. The van der Waals surface area contributed by atoms with Crippen LogP contribution in [0.1, 0.15) is 40.4 Å². The summed E-state index contributed by atoms with van der Waals surface area (Å²) in [6.07, 6.45) is 5.77. The van der Waals surface area contributed by atoms with Crippen LogP contribution < -0.4 is 16.0 Å². The van der Waals surface area contributed by atoms with E-state index in [2.05, 4.69) is 42.2 Å². The Balaban J connectivity index is 1.69. The number of nitrogens with zero attached hydrogens (tertiary/aromatic N) is 4. The largest absolute Gasteiger partial charge is 0.368 e. The van der Waals surface area contributed by atoms with Crippen molar-refractivity contribution in [1.82, 2.24) is 25.5 Å². The molecule has 1 aliphatic carbocycles. The summed E-state index contributed by atoms with van der Waals surface area (Å²) in [5, 5.41) is 17.5. The third kappa shape index (κ3) is 5.42. The maximum Gasteiger partial charge on any atom is 0.272 e. The van der Waals surface area contributed by atoms with E-state index in [0.29, 0.717) is 23.2 Å². The minimum absolute atomic E-state index is 0.213. The first-order valence-corrected chi connectivity index (χ1v) is 10.4. The van der Waals surface area contributed by atoms with Crippen molar-refractivity contribution in [2.75, 3.05) is 10.6 Å². The molecular weight excluding hydrogens is 387 g/mol. The molecule has 11 heteroatoms. The van der Waals surface area contributed by atoms with E-state index in [9.17, 15) is 4.79 Å². The zero-order valence-corrected chi connectivity index (χ0v) is 18.2. The van der Waals surface area contributed by atoms with E-state index >= 15 is 0 Å². The number of hydrogen-bond donors (Lipinski definition) is 3. The van der Waals surface area contributed by atoms with Gasteiger partial charge in [-0.15, -0.1) is 10.2 Å². The van der Waals surface area contributed by atoms with E-state index in [-0.39, 0.29) is 11.6 Å². The Morgan fingerprint density at radius 3 is 2.55 bits per heavy atom. The number of amides is 1. The molecule has 1 aliphatic rings. The number of aryl methyl sites for hydroxylation is 1. The molecule has 3 aromatic heterocycles. The van der Waals surface area contributed by atoms with Crippen molar-refractivity contribution >= 4 is 52.6 Å². The fourth-order valence-electron chi connectivity index (χ4n) is 3.22. The van der Waals surface area contributed by atoms with Crippen molar-refractivity contribution in [2.24, 2.45) is 0 Å². The SMILES string of the molecule is BC(B)(B)NC(=O)c1nnc(Nc2cc(C)ccn2)cc1Nc1ncccc1C1CC1. The standard InChI is InChI=1S/C20H24B3N7O/c1-11-6-8-24-15(9-11)27-16-10-14(17(30-29-16)19(31)28-20(21,22)23)26-18-13(12-4-5-12)3-2-7-25-18/h2-3,6-10,12H,4-5,21-23H2,1H3,(H,28,31)(H2,24,25,26,27,29).